The first kappa shape index (κ1) is 26.3. The van der Waals surface area contributed by atoms with Crippen LogP contribution in [0.2, 0.25) is 0 Å². The number of carboxylic acid groups (broad SMARTS) is 1. The van der Waals surface area contributed by atoms with Crippen molar-refractivity contribution in [3.63, 3.8) is 0 Å². The van der Waals surface area contributed by atoms with Gasteiger partial charge in [0.15, 0.2) is 10.8 Å². The molecular formula is C17H18N5NaO7S3. The fraction of sp³-hybridized carbons (Fsp3) is 0.471. The Morgan fingerprint density at radius 1 is 1.52 bits per heavy atom. The number of ether oxygens (including phenoxy) is 2. The zero-order valence-corrected chi connectivity index (χ0v) is 22.1. The molecule has 0 spiro atoms. The number of nitrogen functional groups attached to an aromatic ring is 1. The van der Waals surface area contributed by atoms with E-state index < -0.39 is 29.2 Å². The molecule has 3 N–H and O–H groups in total. The van der Waals surface area contributed by atoms with Crippen molar-refractivity contribution in [2.45, 2.75) is 17.5 Å². The van der Waals surface area contributed by atoms with Crippen molar-refractivity contribution in [2.75, 3.05) is 37.7 Å². The van der Waals surface area contributed by atoms with E-state index >= 15 is 0 Å². The van der Waals surface area contributed by atoms with Crippen molar-refractivity contribution < 1.29 is 63.4 Å². The summed E-state index contributed by atoms with van der Waals surface area (Å²) in [5.41, 5.74) is 5.51. The van der Waals surface area contributed by atoms with Crippen molar-refractivity contribution in [3.8, 4) is 0 Å². The summed E-state index contributed by atoms with van der Waals surface area (Å²) in [6.07, 6.45) is -0.143. The molecule has 4 heterocycles. The van der Waals surface area contributed by atoms with Crippen LogP contribution in [-0.4, -0.2) is 82.9 Å². The van der Waals surface area contributed by atoms with Crippen molar-refractivity contribution in [3.05, 3.63) is 21.7 Å². The molecule has 3 aliphatic rings. The maximum absolute atomic E-state index is 12.8. The summed E-state index contributed by atoms with van der Waals surface area (Å²) in [4.78, 5) is 47.8. The minimum atomic E-state index is -1.45. The van der Waals surface area contributed by atoms with Gasteiger partial charge in [0.1, 0.15) is 31.0 Å². The van der Waals surface area contributed by atoms with Gasteiger partial charge in [-0.3, -0.25) is 14.5 Å². The van der Waals surface area contributed by atoms with Crippen molar-refractivity contribution >= 4 is 63.5 Å². The van der Waals surface area contributed by atoms with E-state index in [2.05, 4.69) is 15.5 Å². The van der Waals surface area contributed by atoms with Gasteiger partial charge in [-0.05, 0) is 0 Å². The molecule has 2 fully saturated rings. The summed E-state index contributed by atoms with van der Waals surface area (Å²) in [7, 11) is 1.27. The Labute approximate surface area is 222 Å². The number of thiazole rings is 1. The summed E-state index contributed by atoms with van der Waals surface area (Å²) in [6.45, 7) is 0.645. The second-order valence-electron chi connectivity index (χ2n) is 6.70. The van der Waals surface area contributed by atoms with E-state index in [0.29, 0.717) is 23.0 Å². The molecule has 33 heavy (non-hydrogen) atoms. The van der Waals surface area contributed by atoms with Gasteiger partial charge in [-0.2, -0.15) is 0 Å². The summed E-state index contributed by atoms with van der Waals surface area (Å²) in [5.74, 6) is -1.84. The van der Waals surface area contributed by atoms with Gasteiger partial charge in [0.2, 0.25) is 0 Å². The molecule has 12 nitrogen and oxygen atoms in total. The monoisotopic (exact) mass is 523 g/mol. The molecule has 4 rings (SSSR count). The molecule has 3 aliphatic heterocycles. The molecule has 1 aromatic rings. The van der Waals surface area contributed by atoms with Crippen LogP contribution >= 0.6 is 34.9 Å². The fourth-order valence-electron chi connectivity index (χ4n) is 3.25. The van der Waals surface area contributed by atoms with Crippen LogP contribution in [0.15, 0.2) is 21.1 Å². The first-order chi connectivity index (χ1) is 15.4. The van der Waals surface area contributed by atoms with E-state index in [-0.39, 0.29) is 64.7 Å². The van der Waals surface area contributed by atoms with Gasteiger partial charge < -0.3 is 35.3 Å². The number of oxime groups is 1. The number of fused-ring (bicyclic) bond motifs is 1. The van der Waals surface area contributed by atoms with Crippen molar-refractivity contribution in [1.29, 1.82) is 0 Å². The average Bonchev–Trinajstić information content (AvgIpc) is 3.45. The van der Waals surface area contributed by atoms with Crippen molar-refractivity contribution in [1.82, 2.24) is 15.2 Å². The number of aliphatic carboxylic acids is 1. The van der Waals surface area contributed by atoms with Crippen LogP contribution in [-0.2, 0) is 28.7 Å². The van der Waals surface area contributed by atoms with Crippen LogP contribution in [0.4, 0.5) is 5.13 Å². The van der Waals surface area contributed by atoms with Gasteiger partial charge in [0.25, 0.3) is 11.8 Å². The number of nitrogens with two attached hydrogens (primary N) is 1. The topological polar surface area (TPSA) is 168 Å². The molecule has 16 heteroatoms. The van der Waals surface area contributed by atoms with Crippen LogP contribution in [0.5, 0.6) is 0 Å². The van der Waals surface area contributed by atoms with Crippen molar-refractivity contribution in [2.24, 2.45) is 5.16 Å². The van der Waals surface area contributed by atoms with Crippen LogP contribution in [0.25, 0.3) is 0 Å². The molecule has 0 saturated carbocycles. The SMILES string of the molecule is CO/N=C(\C(=O)NC1C(=O)N2C(C(=O)[O-])=C(SCC3COCO3)CSC12)c1csc(N)n1.[Na+]. The normalized spacial score (nSPS) is 24.6. The summed E-state index contributed by atoms with van der Waals surface area (Å²) in [5, 5.41) is 19.3. The van der Waals surface area contributed by atoms with Gasteiger partial charge in [0.05, 0.1) is 24.4 Å². The second-order valence-corrected chi connectivity index (χ2v) is 9.81. The zero-order chi connectivity index (χ0) is 22.8. The minimum Gasteiger partial charge on any atom is -0.543 e. The van der Waals surface area contributed by atoms with Gasteiger partial charge >= 0.3 is 29.6 Å². The molecule has 0 aromatic carbocycles. The summed E-state index contributed by atoms with van der Waals surface area (Å²) < 4.78 is 10.5. The number of hydrogen-bond acceptors (Lipinski definition) is 13. The third-order valence-electron chi connectivity index (χ3n) is 4.71. The fourth-order valence-corrected chi connectivity index (χ4v) is 6.43. The summed E-state index contributed by atoms with van der Waals surface area (Å²) >= 11 is 3.77. The number of anilines is 1. The van der Waals surface area contributed by atoms with Gasteiger partial charge in [0, 0.05) is 21.8 Å². The molecule has 0 radical (unpaired) electrons. The summed E-state index contributed by atoms with van der Waals surface area (Å²) in [6, 6.07) is -0.932. The van der Waals surface area contributed by atoms with E-state index in [1.165, 1.54) is 36.0 Å². The predicted molar refractivity (Wildman–Crippen MR) is 115 cm³/mol. The predicted octanol–water partition coefficient (Wildman–Crippen LogP) is -4.45. The Morgan fingerprint density at radius 2 is 2.30 bits per heavy atom. The van der Waals surface area contributed by atoms with E-state index in [0.717, 1.165) is 16.2 Å². The number of thioether (sulfide) groups is 2. The van der Waals surface area contributed by atoms with Crippen LogP contribution in [0.3, 0.4) is 0 Å². The molecule has 0 aliphatic carbocycles. The Kier molecular flexibility index (Phi) is 9.08. The number of nitrogens with one attached hydrogen (secondary N) is 1. The van der Waals surface area contributed by atoms with Gasteiger partial charge in [-0.15, -0.1) is 34.9 Å². The van der Waals surface area contributed by atoms with Gasteiger partial charge in [-0.25, -0.2) is 4.98 Å². The Bertz CT molecular complexity index is 997. The molecule has 3 atom stereocenters. The first-order valence-electron chi connectivity index (χ1n) is 9.25. The number of nitrogens with zero attached hydrogens (tertiary/aromatic N) is 3. The zero-order valence-electron chi connectivity index (χ0n) is 17.6. The van der Waals surface area contributed by atoms with Crippen LogP contribution < -0.4 is 45.7 Å². The smallest absolute Gasteiger partial charge is 0.543 e. The number of carbonyl (C=O) groups is 3. The van der Waals surface area contributed by atoms with Gasteiger partial charge in [-0.1, -0.05) is 5.16 Å². The number of carbonyl (C=O) groups excluding carboxylic acids is 3. The Morgan fingerprint density at radius 3 is 2.91 bits per heavy atom. The number of hydrogen-bond donors (Lipinski definition) is 2. The Balaban J connectivity index is 0.00000306. The van der Waals surface area contributed by atoms with Crippen LogP contribution in [0, 0.1) is 0 Å². The number of carboxylic acids is 1. The van der Waals surface area contributed by atoms with E-state index in [4.69, 9.17) is 20.0 Å². The minimum absolute atomic E-state index is 0. The maximum Gasteiger partial charge on any atom is 1.00 e. The molecule has 2 amide bonds. The number of β-lactam (4-membered cyclic amide) rings is 1. The largest absolute Gasteiger partial charge is 1.00 e. The van der Waals surface area contributed by atoms with E-state index in [9.17, 15) is 19.5 Å². The maximum atomic E-state index is 12.8. The molecular weight excluding hydrogens is 505 g/mol. The molecule has 3 unspecified atom stereocenters. The quantitative estimate of drug-likeness (QED) is 0.146. The average molecular weight is 524 g/mol. The van der Waals surface area contributed by atoms with Crippen LogP contribution in [0.1, 0.15) is 5.69 Å². The first-order valence-corrected chi connectivity index (χ1v) is 12.2. The molecule has 1 aromatic heterocycles. The molecule has 0 bridgehead atoms. The molecule has 172 valence electrons. The van der Waals surface area contributed by atoms with E-state index in [1.54, 1.807) is 0 Å². The number of aromatic nitrogens is 1. The number of amides is 2. The third-order valence-corrected chi connectivity index (χ3v) is 8.07. The second kappa shape index (κ2) is 11.4. The van der Waals surface area contributed by atoms with E-state index in [1.807, 2.05) is 0 Å². The molecule has 2 saturated heterocycles. The Hall–Kier alpha value is -1.33. The standard InChI is InChI=1S/C17H19N5O7S3.Na/c1-27-21-10(8-4-32-17(18)19-8)13(23)20-11-14(24)22-12(16(25)26)9(5-31-15(11)22)30-3-7-2-28-6-29-7;/h4,7,11,15H,2-3,5-6H2,1H3,(H2,18,19)(H,20,23)(H,25,26);/q;+1/p-1/b21-10-;. The third kappa shape index (κ3) is 5.51. The number of rotatable bonds is 8.